The molecule has 1 saturated heterocycles. The molecule has 3 nitrogen and oxygen atoms in total. The first kappa shape index (κ1) is 18.2. The number of ether oxygens (including phenoxy) is 3. The number of hydrogen-bond acceptors (Lipinski definition) is 4. The molecule has 1 atom stereocenters. The van der Waals surface area contributed by atoms with Crippen molar-refractivity contribution in [2.75, 3.05) is 19.0 Å². The molecule has 0 bridgehead atoms. The van der Waals surface area contributed by atoms with E-state index in [4.69, 9.17) is 14.2 Å². The van der Waals surface area contributed by atoms with Gasteiger partial charge in [-0.25, -0.2) is 0 Å². The molecule has 1 unspecified atom stereocenters. The molecule has 25 heavy (non-hydrogen) atoms. The van der Waals surface area contributed by atoms with Crippen molar-refractivity contribution in [1.29, 1.82) is 0 Å². The molecule has 0 saturated carbocycles. The Morgan fingerprint density at radius 3 is 1.80 bits per heavy atom. The molecular formula is C21H26O3S. The van der Waals surface area contributed by atoms with Gasteiger partial charge in [-0.2, -0.15) is 0 Å². The minimum atomic E-state index is -0.450. The normalized spacial score (nSPS) is 19.6. The van der Waals surface area contributed by atoms with Crippen LogP contribution in [-0.2, 0) is 4.74 Å². The van der Waals surface area contributed by atoms with Gasteiger partial charge in [0, 0.05) is 5.75 Å². The first-order chi connectivity index (χ1) is 12.0. The molecule has 1 fully saturated rings. The summed E-state index contributed by atoms with van der Waals surface area (Å²) in [7, 11) is 0. The topological polar surface area (TPSA) is 27.7 Å². The smallest absolute Gasteiger partial charge is 0.146 e. The SMILES string of the molecule is CC(C)(C)C1OC(COc2ccccc2)(COc2ccccc2)CS1. The maximum absolute atomic E-state index is 6.47. The third-order valence-corrected chi connectivity index (χ3v) is 5.85. The van der Waals surface area contributed by atoms with E-state index in [1.807, 2.05) is 72.4 Å². The molecule has 2 aromatic rings. The third-order valence-electron chi connectivity index (χ3n) is 4.05. The van der Waals surface area contributed by atoms with Gasteiger partial charge in [0.1, 0.15) is 35.7 Å². The summed E-state index contributed by atoms with van der Waals surface area (Å²) in [6, 6.07) is 19.7. The largest absolute Gasteiger partial charge is 0.490 e. The molecule has 1 heterocycles. The van der Waals surface area contributed by atoms with Crippen molar-refractivity contribution in [3.8, 4) is 11.5 Å². The fraction of sp³-hybridized carbons (Fsp3) is 0.429. The van der Waals surface area contributed by atoms with Crippen molar-refractivity contribution in [1.82, 2.24) is 0 Å². The van der Waals surface area contributed by atoms with Gasteiger partial charge in [0.2, 0.25) is 0 Å². The van der Waals surface area contributed by atoms with Gasteiger partial charge in [-0.05, 0) is 29.7 Å². The lowest BCUT2D eigenvalue weighted by atomic mass is 9.97. The number of benzene rings is 2. The summed E-state index contributed by atoms with van der Waals surface area (Å²) < 4.78 is 18.5. The highest BCUT2D eigenvalue weighted by Crippen LogP contribution is 2.43. The molecule has 4 heteroatoms. The summed E-state index contributed by atoms with van der Waals surface area (Å²) in [5.41, 5.74) is -0.244. The summed E-state index contributed by atoms with van der Waals surface area (Å²) >= 11 is 1.84. The van der Waals surface area contributed by atoms with Crippen LogP contribution in [-0.4, -0.2) is 30.0 Å². The van der Waals surface area contributed by atoms with Crippen LogP contribution in [0.4, 0.5) is 0 Å². The Morgan fingerprint density at radius 1 is 0.920 bits per heavy atom. The first-order valence-corrected chi connectivity index (χ1v) is 9.67. The van der Waals surface area contributed by atoms with Crippen molar-refractivity contribution < 1.29 is 14.2 Å². The number of thioether (sulfide) groups is 1. The molecule has 0 N–H and O–H groups in total. The molecule has 134 valence electrons. The van der Waals surface area contributed by atoms with E-state index in [2.05, 4.69) is 20.8 Å². The lowest BCUT2D eigenvalue weighted by molar-refractivity contribution is -0.103. The molecule has 0 spiro atoms. The molecule has 0 aliphatic carbocycles. The zero-order valence-corrected chi connectivity index (χ0v) is 15.9. The molecule has 0 aromatic heterocycles. The Balaban J connectivity index is 1.69. The van der Waals surface area contributed by atoms with Gasteiger partial charge in [0.25, 0.3) is 0 Å². The second kappa shape index (κ2) is 7.71. The third kappa shape index (κ3) is 4.93. The molecular weight excluding hydrogens is 332 g/mol. The summed E-state index contributed by atoms with van der Waals surface area (Å²) in [5.74, 6) is 2.57. The molecule has 1 aliphatic rings. The van der Waals surface area contributed by atoms with Gasteiger partial charge in [-0.15, -0.1) is 11.8 Å². The second-order valence-corrected chi connectivity index (χ2v) is 8.56. The van der Waals surface area contributed by atoms with Gasteiger partial charge in [0.15, 0.2) is 0 Å². The van der Waals surface area contributed by atoms with E-state index in [-0.39, 0.29) is 10.9 Å². The molecule has 2 aromatic carbocycles. The van der Waals surface area contributed by atoms with Gasteiger partial charge in [-0.1, -0.05) is 57.2 Å². The Morgan fingerprint density at radius 2 is 1.40 bits per heavy atom. The minimum Gasteiger partial charge on any atom is -0.490 e. The first-order valence-electron chi connectivity index (χ1n) is 8.62. The number of para-hydroxylation sites is 2. The Bertz CT molecular complexity index is 608. The van der Waals surface area contributed by atoms with Crippen LogP contribution in [0.15, 0.2) is 60.7 Å². The summed E-state index contributed by atoms with van der Waals surface area (Å²) in [5, 5.41) is 0. The molecule has 1 aliphatic heterocycles. The maximum Gasteiger partial charge on any atom is 0.146 e. The highest BCUT2D eigenvalue weighted by Gasteiger charge is 2.46. The number of rotatable bonds is 6. The highest BCUT2D eigenvalue weighted by atomic mass is 32.2. The van der Waals surface area contributed by atoms with E-state index in [1.54, 1.807) is 0 Å². The lowest BCUT2D eigenvalue weighted by Gasteiger charge is -2.32. The van der Waals surface area contributed by atoms with Crippen LogP contribution in [0.3, 0.4) is 0 Å². The summed E-state index contributed by atoms with van der Waals surface area (Å²) in [6.45, 7) is 7.57. The molecule has 3 rings (SSSR count). The lowest BCUT2D eigenvalue weighted by Crippen LogP contribution is -2.45. The Kier molecular flexibility index (Phi) is 5.60. The zero-order valence-electron chi connectivity index (χ0n) is 15.1. The van der Waals surface area contributed by atoms with Crippen molar-refractivity contribution in [2.24, 2.45) is 5.41 Å². The fourth-order valence-electron chi connectivity index (χ4n) is 2.61. The maximum atomic E-state index is 6.47. The zero-order chi connectivity index (χ0) is 17.8. The van der Waals surface area contributed by atoms with E-state index in [0.29, 0.717) is 13.2 Å². The molecule has 0 radical (unpaired) electrons. The second-order valence-electron chi connectivity index (χ2n) is 7.51. The minimum absolute atomic E-state index is 0.0753. The van der Waals surface area contributed by atoms with Crippen LogP contribution < -0.4 is 9.47 Å². The quantitative estimate of drug-likeness (QED) is 0.725. The van der Waals surface area contributed by atoms with Gasteiger partial charge < -0.3 is 14.2 Å². The standard InChI is InChI=1S/C21H26O3S/c1-20(2,3)19-24-21(16-25-19,14-22-17-10-6-4-7-11-17)15-23-18-12-8-5-9-13-18/h4-13,19H,14-16H2,1-3H3. The van der Waals surface area contributed by atoms with Crippen molar-refractivity contribution >= 4 is 11.8 Å². The predicted octanol–water partition coefficient (Wildman–Crippen LogP) is 5.02. The van der Waals surface area contributed by atoms with Crippen LogP contribution in [0.1, 0.15) is 20.8 Å². The van der Waals surface area contributed by atoms with Crippen LogP contribution >= 0.6 is 11.8 Å². The van der Waals surface area contributed by atoms with Gasteiger partial charge in [-0.3, -0.25) is 0 Å². The average Bonchev–Trinajstić information content (AvgIpc) is 3.06. The van der Waals surface area contributed by atoms with Crippen molar-refractivity contribution in [3.63, 3.8) is 0 Å². The molecule has 0 amide bonds. The summed E-state index contributed by atoms with van der Waals surface area (Å²) in [6.07, 6.45) is 0. The number of hydrogen-bond donors (Lipinski definition) is 0. The highest BCUT2D eigenvalue weighted by molar-refractivity contribution is 8.00. The van der Waals surface area contributed by atoms with Crippen LogP contribution in [0.5, 0.6) is 11.5 Å². The van der Waals surface area contributed by atoms with E-state index in [1.165, 1.54) is 0 Å². The monoisotopic (exact) mass is 358 g/mol. The van der Waals surface area contributed by atoms with E-state index in [9.17, 15) is 0 Å². The van der Waals surface area contributed by atoms with E-state index >= 15 is 0 Å². The fourth-order valence-corrected chi connectivity index (χ4v) is 4.07. The average molecular weight is 359 g/mol. The van der Waals surface area contributed by atoms with E-state index < -0.39 is 5.60 Å². The van der Waals surface area contributed by atoms with Crippen molar-refractivity contribution in [2.45, 2.75) is 31.8 Å². The Labute approximate surface area is 154 Å². The van der Waals surface area contributed by atoms with Crippen LogP contribution in [0.2, 0.25) is 0 Å². The predicted molar refractivity (Wildman–Crippen MR) is 103 cm³/mol. The van der Waals surface area contributed by atoms with Gasteiger partial charge in [0.05, 0.1) is 0 Å². The van der Waals surface area contributed by atoms with Crippen LogP contribution in [0, 0.1) is 5.41 Å². The summed E-state index contributed by atoms with van der Waals surface area (Å²) in [4.78, 5) is 0. The Hall–Kier alpha value is -1.65. The van der Waals surface area contributed by atoms with Crippen molar-refractivity contribution in [3.05, 3.63) is 60.7 Å². The van der Waals surface area contributed by atoms with Crippen LogP contribution in [0.25, 0.3) is 0 Å². The van der Waals surface area contributed by atoms with E-state index in [0.717, 1.165) is 17.3 Å². The van der Waals surface area contributed by atoms with Gasteiger partial charge >= 0.3 is 0 Å².